The van der Waals surface area contributed by atoms with Crippen LogP contribution in [0.4, 0.5) is 0 Å². The Balaban J connectivity index is 1.57. The van der Waals surface area contributed by atoms with Crippen LogP contribution in [0.15, 0.2) is 60.0 Å². The quantitative estimate of drug-likeness (QED) is 0.585. The maximum absolute atomic E-state index is 9.87. The van der Waals surface area contributed by atoms with Gasteiger partial charge >= 0.3 is 0 Å². The largest absolute Gasteiger partial charge is 0.490 e. The van der Waals surface area contributed by atoms with Gasteiger partial charge in [-0.2, -0.15) is 5.26 Å². The van der Waals surface area contributed by atoms with Crippen LogP contribution in [-0.4, -0.2) is 16.3 Å². The first-order valence-corrected chi connectivity index (χ1v) is 10.7. The van der Waals surface area contributed by atoms with Crippen LogP contribution < -0.4 is 15.2 Å². The zero-order valence-corrected chi connectivity index (χ0v) is 17.5. The molecule has 0 amide bonds. The van der Waals surface area contributed by atoms with Crippen molar-refractivity contribution in [1.82, 2.24) is 10.2 Å². The van der Waals surface area contributed by atoms with E-state index in [4.69, 9.17) is 26.8 Å². The van der Waals surface area contributed by atoms with E-state index >= 15 is 0 Å². The van der Waals surface area contributed by atoms with Crippen molar-refractivity contribution in [2.45, 2.75) is 37.7 Å². The van der Waals surface area contributed by atoms with Crippen molar-refractivity contribution in [3.8, 4) is 29.0 Å². The summed E-state index contributed by atoms with van der Waals surface area (Å²) >= 11 is 6.45. The molecule has 31 heavy (non-hydrogen) atoms. The second-order valence-electron chi connectivity index (χ2n) is 7.82. The molecule has 1 atom stereocenters. The fourth-order valence-corrected chi connectivity index (χ4v) is 4.62. The summed E-state index contributed by atoms with van der Waals surface area (Å²) < 4.78 is 11.8. The molecule has 0 radical (unpaired) electrons. The van der Waals surface area contributed by atoms with Crippen LogP contribution in [0.1, 0.15) is 42.7 Å². The lowest BCUT2D eigenvalue weighted by Gasteiger charge is -2.24. The Hall–Kier alpha value is -3.43. The molecule has 5 rings (SSSR count). The average Bonchev–Trinajstić information content (AvgIpc) is 3.44. The van der Waals surface area contributed by atoms with Crippen LogP contribution in [0.2, 0.25) is 5.02 Å². The molecule has 0 bridgehead atoms. The van der Waals surface area contributed by atoms with Gasteiger partial charge in [-0.1, -0.05) is 41.9 Å². The fraction of sp³-hybridized carbons (Fsp3) is 0.250. The van der Waals surface area contributed by atoms with E-state index < -0.39 is 5.92 Å². The van der Waals surface area contributed by atoms with E-state index in [1.54, 1.807) is 0 Å². The zero-order valence-electron chi connectivity index (χ0n) is 16.8. The molecule has 3 N–H and O–H groups in total. The van der Waals surface area contributed by atoms with Crippen LogP contribution in [0.3, 0.4) is 0 Å². The highest BCUT2D eigenvalue weighted by Crippen LogP contribution is 2.46. The van der Waals surface area contributed by atoms with Gasteiger partial charge in [0, 0.05) is 10.6 Å². The molecule has 0 saturated heterocycles. The number of allylic oxidation sites excluding steroid dienone is 1. The summed E-state index contributed by atoms with van der Waals surface area (Å²) in [6.45, 7) is 0. The molecule has 1 fully saturated rings. The molecular weight excluding hydrogens is 412 g/mol. The lowest BCUT2D eigenvalue weighted by Crippen LogP contribution is -2.21. The number of aromatic amines is 1. The minimum absolute atomic E-state index is 0.0588. The zero-order chi connectivity index (χ0) is 21.4. The number of ether oxygens (including phenoxy) is 2. The van der Waals surface area contributed by atoms with Gasteiger partial charge in [-0.15, -0.1) is 5.10 Å². The van der Waals surface area contributed by atoms with Gasteiger partial charge in [-0.05, 0) is 49.4 Å². The van der Waals surface area contributed by atoms with E-state index in [-0.39, 0.29) is 12.0 Å². The number of H-pyrrole nitrogens is 1. The molecule has 1 aliphatic heterocycles. The monoisotopic (exact) mass is 432 g/mol. The number of benzene rings is 2. The third-order valence-electron chi connectivity index (χ3n) is 5.90. The lowest BCUT2D eigenvalue weighted by molar-refractivity contribution is 0.210. The van der Waals surface area contributed by atoms with Crippen LogP contribution in [0, 0.1) is 11.3 Å². The number of nitrogens with zero attached hydrogens (tertiary/aromatic N) is 2. The van der Waals surface area contributed by atoms with Crippen LogP contribution in [0.25, 0.3) is 11.3 Å². The van der Waals surface area contributed by atoms with Crippen molar-refractivity contribution in [3.05, 3.63) is 76.1 Å². The molecule has 0 spiro atoms. The first-order chi connectivity index (χ1) is 15.2. The second kappa shape index (κ2) is 8.01. The van der Waals surface area contributed by atoms with Gasteiger partial charge in [-0.25, -0.2) is 0 Å². The molecule has 3 aromatic rings. The maximum atomic E-state index is 9.87. The summed E-state index contributed by atoms with van der Waals surface area (Å²) in [5.41, 5.74) is 9.55. The number of nitrogens with two attached hydrogens (primary N) is 1. The number of rotatable bonds is 4. The van der Waals surface area contributed by atoms with Crippen molar-refractivity contribution >= 4 is 11.6 Å². The Labute approximate surface area is 185 Å². The Morgan fingerprint density at radius 3 is 2.58 bits per heavy atom. The van der Waals surface area contributed by atoms with Crippen molar-refractivity contribution in [1.29, 1.82) is 5.26 Å². The number of halogens is 1. The van der Waals surface area contributed by atoms with Crippen molar-refractivity contribution < 1.29 is 9.47 Å². The molecule has 1 aliphatic carbocycles. The third kappa shape index (κ3) is 3.51. The molecule has 2 heterocycles. The minimum atomic E-state index is -0.431. The van der Waals surface area contributed by atoms with Gasteiger partial charge in [0.15, 0.2) is 0 Å². The number of hydrogen-bond acceptors (Lipinski definition) is 5. The Bertz CT molecular complexity index is 1190. The SMILES string of the molecule is N#CC1=C(N)Oc2n[nH]c(-c3ccccc3Cl)c2[C@H]1c1ccc(OC2CCCC2)cc1. The molecule has 1 aromatic heterocycles. The minimum Gasteiger partial charge on any atom is -0.490 e. The molecule has 2 aromatic carbocycles. The number of aromatic nitrogens is 2. The summed E-state index contributed by atoms with van der Waals surface area (Å²) in [6, 6.07) is 17.5. The highest BCUT2D eigenvalue weighted by Gasteiger charge is 2.36. The summed E-state index contributed by atoms with van der Waals surface area (Å²) in [4.78, 5) is 0. The van der Waals surface area contributed by atoms with E-state index in [2.05, 4.69) is 16.3 Å². The predicted molar refractivity (Wildman–Crippen MR) is 118 cm³/mol. The Morgan fingerprint density at radius 2 is 1.87 bits per heavy atom. The molecule has 2 aliphatic rings. The highest BCUT2D eigenvalue weighted by molar-refractivity contribution is 6.33. The first-order valence-electron chi connectivity index (χ1n) is 10.3. The van der Waals surface area contributed by atoms with E-state index in [0.717, 1.165) is 35.3 Å². The van der Waals surface area contributed by atoms with Crippen LogP contribution in [0.5, 0.6) is 11.6 Å². The lowest BCUT2D eigenvalue weighted by atomic mass is 9.83. The van der Waals surface area contributed by atoms with Crippen LogP contribution in [-0.2, 0) is 0 Å². The fourth-order valence-electron chi connectivity index (χ4n) is 4.39. The predicted octanol–water partition coefficient (Wildman–Crippen LogP) is 5.27. The maximum Gasteiger partial charge on any atom is 0.244 e. The van der Waals surface area contributed by atoms with Crippen molar-refractivity contribution in [2.24, 2.45) is 5.73 Å². The number of hydrogen-bond donors (Lipinski definition) is 2. The van der Waals surface area contributed by atoms with Gasteiger partial charge < -0.3 is 15.2 Å². The molecule has 156 valence electrons. The Kier molecular flexibility index (Phi) is 5.05. The molecule has 0 unspecified atom stereocenters. The smallest absolute Gasteiger partial charge is 0.244 e. The molecular formula is C24H21ClN4O2. The molecule has 6 nitrogen and oxygen atoms in total. The third-order valence-corrected chi connectivity index (χ3v) is 6.23. The van der Waals surface area contributed by atoms with Crippen molar-refractivity contribution in [3.63, 3.8) is 0 Å². The topological polar surface area (TPSA) is 97.0 Å². The van der Waals surface area contributed by atoms with E-state index in [0.29, 0.717) is 22.2 Å². The van der Waals surface area contributed by atoms with Crippen molar-refractivity contribution in [2.75, 3.05) is 0 Å². The van der Waals surface area contributed by atoms with E-state index in [9.17, 15) is 5.26 Å². The van der Waals surface area contributed by atoms with E-state index in [1.807, 2.05) is 48.5 Å². The highest BCUT2D eigenvalue weighted by atomic mass is 35.5. The molecule has 1 saturated carbocycles. The van der Waals surface area contributed by atoms with Gasteiger partial charge in [0.2, 0.25) is 11.8 Å². The normalized spacial score (nSPS) is 18.4. The number of nitrogens with one attached hydrogen (secondary N) is 1. The van der Waals surface area contributed by atoms with Gasteiger partial charge in [0.25, 0.3) is 0 Å². The summed E-state index contributed by atoms with van der Waals surface area (Å²) in [7, 11) is 0. The second-order valence-corrected chi connectivity index (χ2v) is 8.22. The number of nitriles is 1. The summed E-state index contributed by atoms with van der Waals surface area (Å²) in [5.74, 6) is 0.808. The Morgan fingerprint density at radius 1 is 1.13 bits per heavy atom. The van der Waals surface area contributed by atoms with E-state index in [1.165, 1.54) is 12.8 Å². The summed E-state index contributed by atoms with van der Waals surface area (Å²) in [5, 5.41) is 17.8. The van der Waals surface area contributed by atoms with Gasteiger partial charge in [-0.3, -0.25) is 5.10 Å². The standard InChI is InChI=1S/C24H21ClN4O2/c25-19-8-4-3-7-17(19)22-21-20(18(13-26)23(27)31-24(21)29-28-22)14-9-11-16(12-10-14)30-15-5-1-2-6-15/h3-4,7-12,15,20H,1-2,5-6,27H2,(H,28,29)/t20-/m0/s1. The molecule has 7 heteroatoms. The first kappa shape index (κ1) is 19.5. The average molecular weight is 433 g/mol. The van der Waals surface area contributed by atoms with Gasteiger partial charge in [0.1, 0.15) is 17.4 Å². The number of fused-ring (bicyclic) bond motifs is 1. The van der Waals surface area contributed by atoms with Gasteiger partial charge in [0.05, 0.1) is 23.3 Å². The van der Waals surface area contributed by atoms with Crippen LogP contribution >= 0.6 is 11.6 Å². The summed E-state index contributed by atoms with van der Waals surface area (Å²) in [6.07, 6.45) is 4.91.